The average Bonchev–Trinajstić information content (AvgIpc) is 1.53. The molecule has 0 radical (unpaired) electrons. The van der Waals surface area contributed by atoms with Crippen LogP contribution in [0.25, 0.3) is 0 Å². The molecule has 1 fully saturated rings. The topological polar surface area (TPSA) is 12.0 Å². The van der Waals surface area contributed by atoms with Gasteiger partial charge in [0.2, 0.25) is 0 Å². The summed E-state index contributed by atoms with van der Waals surface area (Å²) in [4.78, 5) is 0. The van der Waals surface area contributed by atoms with Gasteiger partial charge in [0.25, 0.3) is 0 Å². The Bertz CT molecular complexity index is 87.2. The number of hydrogen-bond acceptors (Lipinski definition) is 1. The Balaban J connectivity index is 2.16. The summed E-state index contributed by atoms with van der Waals surface area (Å²) in [6.07, 6.45) is 4.20. The fraction of sp³-hybridized carbons (Fsp3) is 1.00. The molecule has 1 aliphatic rings. The highest BCUT2D eigenvalue weighted by molar-refractivity contribution is 4.83. The van der Waals surface area contributed by atoms with Crippen molar-refractivity contribution in [2.45, 2.75) is 51.6 Å². The summed E-state index contributed by atoms with van der Waals surface area (Å²) in [5.74, 6) is 0. The predicted molar refractivity (Wildman–Crippen MR) is 40.5 cm³/mol. The van der Waals surface area contributed by atoms with Crippen molar-refractivity contribution in [3.05, 3.63) is 0 Å². The molecule has 0 atom stereocenters. The van der Waals surface area contributed by atoms with E-state index in [0.717, 1.165) is 6.04 Å². The molecule has 1 saturated carbocycles. The van der Waals surface area contributed by atoms with Gasteiger partial charge >= 0.3 is 0 Å². The summed E-state index contributed by atoms with van der Waals surface area (Å²) in [7, 11) is 0. The van der Waals surface area contributed by atoms with Crippen LogP contribution >= 0.6 is 0 Å². The largest absolute Gasteiger partial charge is 0.309 e. The SMILES string of the molecule is CC(C)(C)NC1CCC1. The van der Waals surface area contributed by atoms with E-state index in [4.69, 9.17) is 0 Å². The first kappa shape index (κ1) is 7.07. The molecule has 1 rings (SSSR count). The second kappa shape index (κ2) is 2.30. The van der Waals surface area contributed by atoms with Crippen molar-refractivity contribution in [1.29, 1.82) is 0 Å². The molecule has 0 bridgehead atoms. The van der Waals surface area contributed by atoms with Crippen LogP contribution in [0.2, 0.25) is 0 Å². The van der Waals surface area contributed by atoms with Crippen molar-refractivity contribution >= 4 is 0 Å². The van der Waals surface area contributed by atoms with Crippen molar-refractivity contribution in [2.75, 3.05) is 0 Å². The lowest BCUT2D eigenvalue weighted by Crippen LogP contribution is -2.46. The van der Waals surface area contributed by atoms with Crippen LogP contribution < -0.4 is 5.32 Å². The third kappa shape index (κ3) is 2.35. The van der Waals surface area contributed by atoms with Gasteiger partial charge < -0.3 is 5.32 Å². The highest BCUT2D eigenvalue weighted by atomic mass is 15.0. The summed E-state index contributed by atoms with van der Waals surface area (Å²) in [6, 6.07) is 0.824. The fourth-order valence-corrected chi connectivity index (χ4v) is 1.16. The molecule has 0 aromatic rings. The van der Waals surface area contributed by atoms with E-state index in [2.05, 4.69) is 26.1 Å². The Hall–Kier alpha value is -0.0400. The maximum Gasteiger partial charge on any atom is 0.00990 e. The summed E-state index contributed by atoms with van der Waals surface area (Å²) in [5.41, 5.74) is 0.324. The normalized spacial score (nSPS) is 21.7. The van der Waals surface area contributed by atoms with Gasteiger partial charge in [0.05, 0.1) is 0 Å². The zero-order chi connectivity index (χ0) is 6.91. The van der Waals surface area contributed by atoms with Gasteiger partial charge in [0.1, 0.15) is 0 Å². The van der Waals surface area contributed by atoms with E-state index in [1.165, 1.54) is 19.3 Å². The van der Waals surface area contributed by atoms with Gasteiger partial charge in [-0.05, 0) is 33.6 Å². The van der Waals surface area contributed by atoms with E-state index >= 15 is 0 Å². The Morgan fingerprint density at radius 3 is 1.89 bits per heavy atom. The van der Waals surface area contributed by atoms with Crippen LogP contribution in [-0.4, -0.2) is 11.6 Å². The molecule has 54 valence electrons. The van der Waals surface area contributed by atoms with E-state index < -0.39 is 0 Å². The zero-order valence-corrected chi connectivity index (χ0v) is 6.70. The summed E-state index contributed by atoms with van der Waals surface area (Å²) in [5, 5.41) is 3.56. The van der Waals surface area contributed by atoms with Crippen LogP contribution in [0, 0.1) is 0 Å². The first-order valence-corrected chi connectivity index (χ1v) is 3.86. The minimum absolute atomic E-state index is 0.324. The van der Waals surface area contributed by atoms with Crippen molar-refractivity contribution < 1.29 is 0 Å². The monoisotopic (exact) mass is 127 g/mol. The van der Waals surface area contributed by atoms with Crippen molar-refractivity contribution in [3.63, 3.8) is 0 Å². The molecular formula is C8H17N. The molecule has 0 aliphatic heterocycles. The van der Waals surface area contributed by atoms with Crippen LogP contribution in [0.1, 0.15) is 40.0 Å². The number of hydrogen-bond donors (Lipinski definition) is 1. The molecular weight excluding hydrogens is 110 g/mol. The second-order valence-electron chi connectivity index (χ2n) is 4.02. The minimum atomic E-state index is 0.324. The zero-order valence-electron chi connectivity index (χ0n) is 6.70. The molecule has 0 unspecified atom stereocenters. The standard InChI is InChI=1S/C8H17N/c1-8(2,3)9-7-5-4-6-7/h7,9H,4-6H2,1-3H3. The summed E-state index contributed by atoms with van der Waals surface area (Å²) >= 11 is 0. The molecule has 9 heavy (non-hydrogen) atoms. The lowest BCUT2D eigenvalue weighted by atomic mass is 9.91. The first-order chi connectivity index (χ1) is 4.08. The van der Waals surface area contributed by atoms with Crippen LogP contribution in [-0.2, 0) is 0 Å². The van der Waals surface area contributed by atoms with E-state index in [1.807, 2.05) is 0 Å². The Morgan fingerprint density at radius 1 is 1.22 bits per heavy atom. The predicted octanol–water partition coefficient (Wildman–Crippen LogP) is 1.93. The Morgan fingerprint density at radius 2 is 1.78 bits per heavy atom. The smallest absolute Gasteiger partial charge is 0.00990 e. The van der Waals surface area contributed by atoms with Crippen LogP contribution in [0.15, 0.2) is 0 Å². The van der Waals surface area contributed by atoms with Gasteiger partial charge in [-0.1, -0.05) is 6.42 Å². The quantitative estimate of drug-likeness (QED) is 0.567. The number of nitrogens with one attached hydrogen (secondary N) is 1. The van der Waals surface area contributed by atoms with Crippen molar-refractivity contribution in [1.82, 2.24) is 5.32 Å². The molecule has 1 nitrogen and oxygen atoms in total. The van der Waals surface area contributed by atoms with Gasteiger partial charge in [-0.25, -0.2) is 0 Å². The van der Waals surface area contributed by atoms with Crippen molar-refractivity contribution in [2.24, 2.45) is 0 Å². The highest BCUT2D eigenvalue weighted by Crippen LogP contribution is 2.20. The molecule has 0 saturated heterocycles. The van der Waals surface area contributed by atoms with E-state index in [9.17, 15) is 0 Å². The minimum Gasteiger partial charge on any atom is -0.309 e. The van der Waals surface area contributed by atoms with Gasteiger partial charge in [-0.15, -0.1) is 0 Å². The summed E-state index contributed by atoms with van der Waals surface area (Å²) < 4.78 is 0. The molecule has 0 heterocycles. The van der Waals surface area contributed by atoms with E-state index in [0.29, 0.717) is 5.54 Å². The van der Waals surface area contributed by atoms with Gasteiger partial charge in [-0.2, -0.15) is 0 Å². The van der Waals surface area contributed by atoms with Gasteiger partial charge in [0.15, 0.2) is 0 Å². The second-order valence-corrected chi connectivity index (χ2v) is 4.02. The van der Waals surface area contributed by atoms with E-state index in [-0.39, 0.29) is 0 Å². The Labute approximate surface area is 57.8 Å². The van der Waals surface area contributed by atoms with Crippen LogP contribution in [0.3, 0.4) is 0 Å². The van der Waals surface area contributed by atoms with Gasteiger partial charge in [0, 0.05) is 11.6 Å². The third-order valence-corrected chi connectivity index (χ3v) is 1.74. The molecule has 1 aliphatic carbocycles. The molecule has 0 aromatic carbocycles. The Kier molecular flexibility index (Phi) is 1.80. The lowest BCUT2D eigenvalue weighted by Gasteiger charge is -2.34. The molecule has 1 N–H and O–H groups in total. The molecule has 0 amide bonds. The summed E-state index contributed by atoms with van der Waals surface area (Å²) in [6.45, 7) is 6.68. The van der Waals surface area contributed by atoms with E-state index in [1.54, 1.807) is 0 Å². The molecule has 0 aromatic heterocycles. The van der Waals surface area contributed by atoms with Crippen LogP contribution in [0.4, 0.5) is 0 Å². The molecule has 0 spiro atoms. The lowest BCUT2D eigenvalue weighted by molar-refractivity contribution is 0.266. The fourth-order valence-electron chi connectivity index (χ4n) is 1.16. The van der Waals surface area contributed by atoms with Gasteiger partial charge in [-0.3, -0.25) is 0 Å². The highest BCUT2D eigenvalue weighted by Gasteiger charge is 2.21. The number of rotatable bonds is 1. The average molecular weight is 127 g/mol. The molecule has 1 heteroatoms. The van der Waals surface area contributed by atoms with Crippen LogP contribution in [0.5, 0.6) is 0 Å². The maximum atomic E-state index is 3.56. The first-order valence-electron chi connectivity index (χ1n) is 3.86. The van der Waals surface area contributed by atoms with Crippen molar-refractivity contribution in [3.8, 4) is 0 Å². The third-order valence-electron chi connectivity index (χ3n) is 1.74. The maximum absolute atomic E-state index is 3.56.